The third-order valence-electron chi connectivity index (χ3n) is 4.03. The smallest absolute Gasteiger partial charge is 0.331 e. The Kier molecular flexibility index (Phi) is 6.45. The Morgan fingerprint density at radius 1 is 1.07 bits per heavy atom. The van der Waals surface area contributed by atoms with E-state index in [9.17, 15) is 4.79 Å². The fourth-order valence-corrected chi connectivity index (χ4v) is 3.33. The highest BCUT2D eigenvalue weighted by atomic mass is 32.1. The Morgan fingerprint density at radius 2 is 1.82 bits per heavy atom. The fraction of sp³-hybridized carbons (Fsp3) is 0.182. The van der Waals surface area contributed by atoms with Crippen LogP contribution in [-0.4, -0.2) is 25.2 Å². The van der Waals surface area contributed by atoms with E-state index >= 15 is 0 Å². The Bertz CT molecular complexity index is 976. The molecule has 144 valence electrons. The van der Waals surface area contributed by atoms with E-state index in [-0.39, 0.29) is 6.61 Å². The molecule has 0 aliphatic carbocycles. The predicted molar refractivity (Wildman–Crippen MR) is 111 cm³/mol. The summed E-state index contributed by atoms with van der Waals surface area (Å²) >= 11 is 1.53. The molecule has 0 N–H and O–H groups in total. The van der Waals surface area contributed by atoms with Gasteiger partial charge in [0.25, 0.3) is 0 Å². The van der Waals surface area contributed by atoms with Crippen molar-refractivity contribution in [1.82, 2.24) is 4.98 Å². The minimum atomic E-state index is -0.431. The summed E-state index contributed by atoms with van der Waals surface area (Å²) in [7, 11) is 3.14. The first kappa shape index (κ1) is 19.6. The van der Waals surface area contributed by atoms with E-state index in [0.29, 0.717) is 11.5 Å². The standard InChI is InChI=1S/C22H21NO4S/c1-15-4-8-17(9-5-15)22-23-18(14-28-22)13-27-21(24)11-7-16-6-10-19(25-2)20(12-16)26-3/h4-12,14H,13H2,1-3H3/b11-7+. The summed E-state index contributed by atoms with van der Waals surface area (Å²) in [4.78, 5) is 16.5. The second-order valence-corrected chi connectivity index (χ2v) is 6.92. The zero-order valence-corrected chi connectivity index (χ0v) is 16.8. The van der Waals surface area contributed by atoms with Crippen LogP contribution in [0.3, 0.4) is 0 Å². The molecule has 0 aliphatic rings. The topological polar surface area (TPSA) is 57.7 Å². The van der Waals surface area contributed by atoms with Crippen LogP contribution < -0.4 is 9.47 Å². The average Bonchev–Trinajstić information content (AvgIpc) is 3.20. The largest absolute Gasteiger partial charge is 0.493 e. The van der Waals surface area contributed by atoms with Crippen molar-refractivity contribution in [2.75, 3.05) is 14.2 Å². The number of benzene rings is 2. The van der Waals surface area contributed by atoms with Gasteiger partial charge >= 0.3 is 5.97 Å². The van der Waals surface area contributed by atoms with Crippen molar-refractivity contribution in [2.45, 2.75) is 13.5 Å². The molecule has 0 saturated carbocycles. The van der Waals surface area contributed by atoms with E-state index in [0.717, 1.165) is 21.8 Å². The SMILES string of the molecule is COc1ccc(/C=C/C(=O)OCc2csc(-c3ccc(C)cc3)n2)cc1OC. The normalized spacial score (nSPS) is 10.8. The predicted octanol–water partition coefficient (Wildman–Crippen LogP) is 4.89. The van der Waals surface area contributed by atoms with Crippen molar-refractivity contribution in [3.8, 4) is 22.1 Å². The molecular weight excluding hydrogens is 374 g/mol. The lowest BCUT2D eigenvalue weighted by Gasteiger charge is -2.07. The highest BCUT2D eigenvalue weighted by molar-refractivity contribution is 7.13. The van der Waals surface area contributed by atoms with E-state index in [1.807, 2.05) is 30.5 Å². The Balaban J connectivity index is 1.57. The molecule has 3 aromatic rings. The number of ether oxygens (including phenoxy) is 3. The molecule has 0 radical (unpaired) electrons. The summed E-state index contributed by atoms with van der Waals surface area (Å²) in [6.07, 6.45) is 3.05. The van der Waals surface area contributed by atoms with Gasteiger partial charge in [0.1, 0.15) is 11.6 Å². The molecule has 6 heteroatoms. The van der Waals surface area contributed by atoms with Gasteiger partial charge in [-0.15, -0.1) is 11.3 Å². The molecule has 1 heterocycles. The van der Waals surface area contributed by atoms with Gasteiger partial charge in [0.2, 0.25) is 0 Å². The summed E-state index contributed by atoms with van der Waals surface area (Å²) in [5.74, 6) is 0.805. The molecule has 0 saturated heterocycles. The molecule has 0 aliphatic heterocycles. The quantitative estimate of drug-likeness (QED) is 0.421. The van der Waals surface area contributed by atoms with Gasteiger partial charge in [-0.25, -0.2) is 9.78 Å². The van der Waals surface area contributed by atoms with Gasteiger partial charge in [-0.05, 0) is 30.7 Å². The van der Waals surface area contributed by atoms with Gasteiger partial charge in [-0.3, -0.25) is 0 Å². The zero-order chi connectivity index (χ0) is 19.9. The average molecular weight is 395 g/mol. The van der Waals surface area contributed by atoms with Crippen LogP contribution in [0.5, 0.6) is 11.5 Å². The van der Waals surface area contributed by atoms with Crippen LogP contribution in [0.4, 0.5) is 0 Å². The monoisotopic (exact) mass is 395 g/mol. The highest BCUT2D eigenvalue weighted by Crippen LogP contribution is 2.28. The van der Waals surface area contributed by atoms with Crippen molar-refractivity contribution in [3.63, 3.8) is 0 Å². The fourth-order valence-electron chi connectivity index (χ4n) is 2.52. The van der Waals surface area contributed by atoms with E-state index in [1.165, 1.54) is 23.0 Å². The van der Waals surface area contributed by atoms with Crippen molar-refractivity contribution < 1.29 is 19.0 Å². The van der Waals surface area contributed by atoms with Crippen LogP contribution in [0.2, 0.25) is 0 Å². The maximum absolute atomic E-state index is 12.0. The van der Waals surface area contributed by atoms with Gasteiger partial charge in [0, 0.05) is 17.0 Å². The molecule has 0 spiro atoms. The minimum absolute atomic E-state index is 0.136. The van der Waals surface area contributed by atoms with E-state index in [1.54, 1.807) is 32.4 Å². The molecule has 1 aromatic heterocycles. The number of nitrogens with zero attached hydrogens (tertiary/aromatic N) is 1. The van der Waals surface area contributed by atoms with Gasteiger partial charge in [-0.1, -0.05) is 35.9 Å². The van der Waals surface area contributed by atoms with Gasteiger partial charge in [-0.2, -0.15) is 0 Å². The lowest BCUT2D eigenvalue weighted by Crippen LogP contribution is -2.01. The second-order valence-electron chi connectivity index (χ2n) is 6.07. The molecule has 5 nitrogen and oxygen atoms in total. The number of carbonyl (C=O) groups is 1. The van der Waals surface area contributed by atoms with Crippen LogP contribution in [0.25, 0.3) is 16.6 Å². The van der Waals surface area contributed by atoms with E-state index in [2.05, 4.69) is 17.1 Å². The Morgan fingerprint density at radius 3 is 2.54 bits per heavy atom. The van der Waals surface area contributed by atoms with E-state index < -0.39 is 5.97 Å². The first-order valence-corrected chi connectivity index (χ1v) is 9.55. The Labute approximate surface area is 168 Å². The summed E-state index contributed by atoms with van der Waals surface area (Å²) < 4.78 is 15.7. The number of thiazole rings is 1. The molecule has 0 fully saturated rings. The summed E-state index contributed by atoms with van der Waals surface area (Å²) in [5, 5.41) is 2.81. The van der Waals surface area contributed by atoms with Crippen LogP contribution >= 0.6 is 11.3 Å². The molecule has 0 atom stereocenters. The number of aromatic nitrogens is 1. The number of aryl methyl sites for hydroxylation is 1. The Hall–Kier alpha value is -3.12. The maximum atomic E-state index is 12.0. The molecule has 0 bridgehead atoms. The molecule has 0 amide bonds. The second kappa shape index (κ2) is 9.19. The molecule has 2 aromatic carbocycles. The van der Waals surface area contributed by atoms with E-state index in [4.69, 9.17) is 14.2 Å². The number of methoxy groups -OCH3 is 2. The first-order valence-electron chi connectivity index (χ1n) is 8.67. The van der Waals surface area contributed by atoms with Gasteiger partial charge in [0.05, 0.1) is 19.9 Å². The highest BCUT2D eigenvalue weighted by Gasteiger charge is 2.07. The maximum Gasteiger partial charge on any atom is 0.331 e. The van der Waals surface area contributed by atoms with Crippen LogP contribution in [-0.2, 0) is 16.1 Å². The first-order chi connectivity index (χ1) is 13.6. The van der Waals surface area contributed by atoms with Crippen molar-refractivity contribution in [3.05, 3.63) is 70.7 Å². The summed E-state index contributed by atoms with van der Waals surface area (Å²) in [6, 6.07) is 13.6. The summed E-state index contributed by atoms with van der Waals surface area (Å²) in [6.45, 7) is 2.18. The third-order valence-corrected chi connectivity index (χ3v) is 4.97. The van der Waals surface area contributed by atoms with Crippen LogP contribution in [0.15, 0.2) is 53.9 Å². The molecule has 3 rings (SSSR count). The molecule has 0 unspecified atom stereocenters. The molecular formula is C22H21NO4S. The zero-order valence-electron chi connectivity index (χ0n) is 16.0. The minimum Gasteiger partial charge on any atom is -0.493 e. The lowest BCUT2D eigenvalue weighted by atomic mass is 10.2. The number of carbonyl (C=O) groups excluding carboxylic acids is 1. The van der Waals surface area contributed by atoms with Crippen molar-refractivity contribution in [2.24, 2.45) is 0 Å². The number of hydrogen-bond donors (Lipinski definition) is 0. The van der Waals surface area contributed by atoms with Gasteiger partial charge in [0.15, 0.2) is 11.5 Å². The molecule has 28 heavy (non-hydrogen) atoms. The number of esters is 1. The van der Waals surface area contributed by atoms with Crippen LogP contribution in [0, 0.1) is 6.92 Å². The summed E-state index contributed by atoms with van der Waals surface area (Å²) in [5.41, 5.74) is 3.80. The number of hydrogen-bond acceptors (Lipinski definition) is 6. The van der Waals surface area contributed by atoms with Crippen molar-refractivity contribution in [1.29, 1.82) is 0 Å². The number of rotatable bonds is 7. The van der Waals surface area contributed by atoms with Gasteiger partial charge < -0.3 is 14.2 Å². The van der Waals surface area contributed by atoms with Crippen LogP contribution in [0.1, 0.15) is 16.8 Å². The van der Waals surface area contributed by atoms with Crippen molar-refractivity contribution >= 4 is 23.4 Å². The third kappa shape index (κ3) is 4.98. The lowest BCUT2D eigenvalue weighted by molar-refractivity contribution is -0.139.